The average Bonchev–Trinajstić information content (AvgIpc) is 2.87. The van der Waals surface area contributed by atoms with Crippen molar-refractivity contribution in [3.63, 3.8) is 0 Å². The summed E-state index contributed by atoms with van der Waals surface area (Å²) < 4.78 is 40.1. The van der Waals surface area contributed by atoms with Crippen molar-refractivity contribution in [3.05, 3.63) is 36.4 Å². The molecule has 1 amide bonds. The van der Waals surface area contributed by atoms with Crippen molar-refractivity contribution in [1.82, 2.24) is 0 Å². The van der Waals surface area contributed by atoms with Crippen LogP contribution in [0.15, 0.2) is 36.4 Å². The van der Waals surface area contributed by atoms with Crippen LogP contribution in [-0.4, -0.2) is 18.8 Å². The zero-order chi connectivity index (χ0) is 15.2. The van der Waals surface area contributed by atoms with Crippen LogP contribution in [0.25, 0.3) is 0 Å². The van der Waals surface area contributed by atoms with Crippen LogP contribution < -0.4 is 9.64 Å². The Kier molecular flexibility index (Phi) is 3.19. The zero-order valence-corrected chi connectivity index (χ0v) is 11.2. The Morgan fingerprint density at radius 3 is 2.43 bits per heavy atom. The smallest absolute Gasteiger partial charge is 0.406 e. The number of anilines is 1. The average molecular weight is 297 g/mol. The molecule has 0 spiro atoms. The van der Waals surface area contributed by atoms with Crippen LogP contribution in [-0.2, 0) is 4.79 Å². The molecule has 3 rings (SSSR count). The summed E-state index contributed by atoms with van der Waals surface area (Å²) in [7, 11) is 0. The van der Waals surface area contributed by atoms with Crippen molar-refractivity contribution in [2.75, 3.05) is 11.4 Å². The Labute approximate surface area is 120 Å². The normalized spacial score (nSPS) is 25.4. The van der Waals surface area contributed by atoms with E-state index in [9.17, 15) is 18.0 Å². The van der Waals surface area contributed by atoms with Crippen LogP contribution in [0.3, 0.4) is 0 Å². The van der Waals surface area contributed by atoms with Gasteiger partial charge in [0.25, 0.3) is 0 Å². The molecular formula is C15H14F3NO2. The summed E-state index contributed by atoms with van der Waals surface area (Å²) in [5.41, 5.74) is 1.71. The summed E-state index contributed by atoms with van der Waals surface area (Å²) in [6.45, 7) is 4.52. The molecule has 0 N–H and O–H groups in total. The fraction of sp³-hybridized carbons (Fsp3) is 0.400. The first kappa shape index (κ1) is 14.0. The van der Waals surface area contributed by atoms with E-state index < -0.39 is 6.36 Å². The maximum Gasteiger partial charge on any atom is 0.573 e. The van der Waals surface area contributed by atoms with E-state index in [-0.39, 0.29) is 23.5 Å². The number of alkyl halides is 3. The summed E-state index contributed by atoms with van der Waals surface area (Å²) in [6, 6.07) is 5.41. The Balaban J connectivity index is 1.74. The molecule has 3 nitrogen and oxygen atoms in total. The van der Waals surface area contributed by atoms with Crippen LogP contribution in [0, 0.1) is 11.8 Å². The SMILES string of the molecule is C=C1C[C@H]2CN(c3ccc(OC(F)(F)F)cc3)C(=O)[C@H]2C1. The number of fused-ring (bicyclic) bond motifs is 1. The van der Waals surface area contributed by atoms with Gasteiger partial charge >= 0.3 is 6.36 Å². The van der Waals surface area contributed by atoms with E-state index in [1.54, 1.807) is 4.90 Å². The maximum absolute atomic E-state index is 12.3. The summed E-state index contributed by atoms with van der Waals surface area (Å²) in [5.74, 6) is -0.00527. The molecule has 112 valence electrons. The summed E-state index contributed by atoms with van der Waals surface area (Å²) in [4.78, 5) is 14.0. The van der Waals surface area contributed by atoms with E-state index in [2.05, 4.69) is 11.3 Å². The van der Waals surface area contributed by atoms with Crippen molar-refractivity contribution in [3.8, 4) is 5.75 Å². The minimum absolute atomic E-state index is 0.0244. The van der Waals surface area contributed by atoms with E-state index in [4.69, 9.17) is 0 Å². The third kappa shape index (κ3) is 2.75. The molecule has 2 aliphatic rings. The second-order valence-electron chi connectivity index (χ2n) is 5.52. The van der Waals surface area contributed by atoms with Crippen molar-refractivity contribution in [1.29, 1.82) is 0 Å². The standard InChI is InChI=1S/C15H14F3NO2/c1-9-6-10-8-19(14(20)13(10)7-9)11-2-4-12(5-3-11)21-15(16,17)18/h2-5,10,13H,1,6-8H2/t10-,13-/m0/s1. The van der Waals surface area contributed by atoms with Crippen molar-refractivity contribution in [2.24, 2.45) is 11.8 Å². The highest BCUT2D eigenvalue weighted by Gasteiger charge is 2.44. The first-order chi connectivity index (χ1) is 9.83. The Hall–Kier alpha value is -1.98. The largest absolute Gasteiger partial charge is 0.573 e. The minimum Gasteiger partial charge on any atom is -0.406 e. The molecule has 21 heavy (non-hydrogen) atoms. The van der Waals surface area contributed by atoms with Crippen LogP contribution in [0.1, 0.15) is 12.8 Å². The molecule has 1 aliphatic carbocycles. The quantitative estimate of drug-likeness (QED) is 0.782. The molecule has 1 aromatic rings. The lowest BCUT2D eigenvalue weighted by atomic mass is 10.0. The molecule has 1 aliphatic heterocycles. The molecule has 0 bridgehead atoms. The van der Waals surface area contributed by atoms with E-state index in [0.29, 0.717) is 12.2 Å². The molecule has 0 unspecified atom stereocenters. The maximum atomic E-state index is 12.3. The number of nitrogens with zero attached hydrogens (tertiary/aromatic N) is 1. The molecule has 1 heterocycles. The van der Waals surface area contributed by atoms with Crippen LogP contribution in [0.4, 0.5) is 18.9 Å². The highest BCUT2D eigenvalue weighted by molar-refractivity contribution is 5.98. The monoisotopic (exact) mass is 297 g/mol. The van der Waals surface area contributed by atoms with Gasteiger partial charge < -0.3 is 9.64 Å². The molecule has 1 saturated carbocycles. The minimum atomic E-state index is -4.71. The van der Waals surface area contributed by atoms with Gasteiger partial charge in [0.2, 0.25) is 5.91 Å². The number of benzene rings is 1. The molecule has 0 aromatic heterocycles. The zero-order valence-electron chi connectivity index (χ0n) is 11.2. The molecule has 1 aromatic carbocycles. The predicted molar refractivity (Wildman–Crippen MR) is 70.8 cm³/mol. The molecule has 2 atom stereocenters. The van der Waals surface area contributed by atoms with E-state index in [1.807, 2.05) is 0 Å². The summed E-state index contributed by atoms with van der Waals surface area (Å²) in [6.07, 6.45) is -3.14. The lowest BCUT2D eigenvalue weighted by molar-refractivity contribution is -0.274. The number of hydrogen-bond donors (Lipinski definition) is 0. The van der Waals surface area contributed by atoms with Crippen LogP contribution in [0.5, 0.6) is 5.75 Å². The van der Waals surface area contributed by atoms with Gasteiger partial charge in [0.1, 0.15) is 5.75 Å². The fourth-order valence-corrected chi connectivity index (χ4v) is 3.14. The van der Waals surface area contributed by atoms with Gasteiger partial charge in [0.05, 0.1) is 0 Å². The first-order valence-electron chi connectivity index (χ1n) is 6.67. The van der Waals surface area contributed by atoms with E-state index >= 15 is 0 Å². The number of hydrogen-bond acceptors (Lipinski definition) is 2. The number of ether oxygens (including phenoxy) is 1. The van der Waals surface area contributed by atoms with Crippen molar-refractivity contribution in [2.45, 2.75) is 19.2 Å². The van der Waals surface area contributed by atoms with Crippen LogP contribution in [0.2, 0.25) is 0 Å². The molecule has 0 radical (unpaired) electrons. The van der Waals surface area contributed by atoms with Gasteiger partial charge in [-0.15, -0.1) is 13.2 Å². The van der Waals surface area contributed by atoms with Gasteiger partial charge in [-0.2, -0.15) is 0 Å². The first-order valence-corrected chi connectivity index (χ1v) is 6.67. The van der Waals surface area contributed by atoms with Gasteiger partial charge in [-0.25, -0.2) is 0 Å². The van der Waals surface area contributed by atoms with Crippen molar-refractivity contribution < 1.29 is 22.7 Å². The second-order valence-corrected chi connectivity index (χ2v) is 5.52. The molecule has 1 saturated heterocycles. The van der Waals surface area contributed by atoms with Gasteiger partial charge in [-0.1, -0.05) is 12.2 Å². The number of rotatable bonds is 2. The third-order valence-electron chi connectivity index (χ3n) is 4.01. The summed E-state index contributed by atoms with van der Waals surface area (Å²) in [5, 5.41) is 0. The Morgan fingerprint density at radius 2 is 1.86 bits per heavy atom. The molecular weight excluding hydrogens is 283 g/mol. The molecule has 6 heteroatoms. The third-order valence-corrected chi connectivity index (χ3v) is 4.01. The van der Waals surface area contributed by atoms with Gasteiger partial charge in [-0.05, 0) is 43.0 Å². The second kappa shape index (κ2) is 4.79. The van der Waals surface area contributed by atoms with E-state index in [0.717, 1.165) is 18.4 Å². The van der Waals surface area contributed by atoms with E-state index in [1.165, 1.54) is 24.3 Å². The molecule has 2 fully saturated rings. The number of carbonyl (C=O) groups excluding carboxylic acids is 1. The number of carbonyl (C=O) groups is 1. The summed E-state index contributed by atoms with van der Waals surface area (Å²) >= 11 is 0. The van der Waals surface area contributed by atoms with Gasteiger partial charge in [0.15, 0.2) is 0 Å². The lowest BCUT2D eigenvalue weighted by Crippen LogP contribution is -2.27. The fourth-order valence-electron chi connectivity index (χ4n) is 3.14. The predicted octanol–water partition coefficient (Wildman–Crippen LogP) is 3.51. The number of amides is 1. The highest BCUT2D eigenvalue weighted by Crippen LogP contribution is 2.42. The topological polar surface area (TPSA) is 29.5 Å². The number of allylic oxidation sites excluding steroid dienone is 1. The number of halogens is 3. The Morgan fingerprint density at radius 1 is 1.19 bits per heavy atom. The Bertz CT molecular complexity index is 580. The lowest BCUT2D eigenvalue weighted by Gasteiger charge is -2.18. The van der Waals surface area contributed by atoms with Crippen molar-refractivity contribution >= 4 is 11.6 Å². The van der Waals surface area contributed by atoms with Crippen LogP contribution >= 0.6 is 0 Å². The highest BCUT2D eigenvalue weighted by atomic mass is 19.4. The van der Waals surface area contributed by atoms with Gasteiger partial charge in [-0.3, -0.25) is 4.79 Å². The van der Waals surface area contributed by atoms with Gasteiger partial charge in [0, 0.05) is 18.2 Å².